The summed E-state index contributed by atoms with van der Waals surface area (Å²) in [4.78, 5) is 0. The SMILES string of the molecule is CCCC(Oc1ccc(C#N)cc1)POc1c(-c2cc(OC3CCCCC3)cc(C3CCCCC3)c2OPC(CC)Oc2ccc(C#N)cc2)cc(C2CCCCC2)cc1C1CCCCC1. The highest BCUT2D eigenvalue weighted by Gasteiger charge is 2.32. The highest BCUT2D eigenvalue weighted by Crippen LogP contribution is 2.54. The van der Waals surface area contributed by atoms with Crippen LogP contribution >= 0.6 is 17.6 Å². The molecule has 9 heteroatoms. The van der Waals surface area contributed by atoms with E-state index in [-0.39, 0.29) is 35.4 Å². The molecule has 0 heterocycles. The van der Waals surface area contributed by atoms with Crippen molar-refractivity contribution in [2.24, 2.45) is 0 Å². The van der Waals surface area contributed by atoms with Gasteiger partial charge in [-0.25, -0.2) is 0 Å². The largest absolute Gasteiger partial charge is 0.490 e. The second-order valence-corrected chi connectivity index (χ2v) is 21.5. The molecule has 4 fully saturated rings. The molecule has 66 heavy (non-hydrogen) atoms. The van der Waals surface area contributed by atoms with E-state index in [2.05, 4.69) is 50.3 Å². The van der Waals surface area contributed by atoms with Crippen LogP contribution in [0.5, 0.6) is 28.7 Å². The Labute approximate surface area is 399 Å². The van der Waals surface area contributed by atoms with Crippen molar-refractivity contribution in [3.05, 3.63) is 101 Å². The molecule has 4 saturated carbocycles. The van der Waals surface area contributed by atoms with Gasteiger partial charge in [0.25, 0.3) is 0 Å². The summed E-state index contributed by atoms with van der Waals surface area (Å²) in [6.45, 7) is 4.37. The van der Waals surface area contributed by atoms with Crippen LogP contribution in [0.1, 0.15) is 207 Å². The van der Waals surface area contributed by atoms with Crippen LogP contribution in [0.4, 0.5) is 0 Å². The van der Waals surface area contributed by atoms with Crippen molar-refractivity contribution in [1.29, 1.82) is 10.5 Å². The van der Waals surface area contributed by atoms with Gasteiger partial charge in [0, 0.05) is 16.7 Å². The molecule has 4 atom stereocenters. The van der Waals surface area contributed by atoms with E-state index < -0.39 is 0 Å². The maximum absolute atomic E-state index is 9.48. The number of rotatable bonds is 19. The summed E-state index contributed by atoms with van der Waals surface area (Å²) in [6.07, 6.45) is 27.1. The number of hydrogen-bond donors (Lipinski definition) is 0. The fourth-order valence-corrected chi connectivity index (χ4v) is 12.8. The summed E-state index contributed by atoms with van der Waals surface area (Å²) in [5, 5.41) is 18.9. The molecule has 8 rings (SSSR count). The smallest absolute Gasteiger partial charge is 0.150 e. The first kappa shape index (κ1) is 48.2. The first-order chi connectivity index (χ1) is 32.5. The number of hydrogen-bond acceptors (Lipinski definition) is 7. The first-order valence-electron chi connectivity index (χ1n) is 25.7. The molecule has 7 nitrogen and oxygen atoms in total. The maximum atomic E-state index is 9.48. The number of nitrogens with zero attached hydrogens (tertiary/aromatic N) is 2. The summed E-state index contributed by atoms with van der Waals surface area (Å²) >= 11 is 0. The number of ether oxygens (including phenoxy) is 3. The Morgan fingerprint density at radius 3 is 1.47 bits per heavy atom. The van der Waals surface area contributed by atoms with E-state index in [1.165, 1.54) is 119 Å². The second kappa shape index (κ2) is 24.7. The topological polar surface area (TPSA) is 93.7 Å². The Morgan fingerprint density at radius 1 is 0.515 bits per heavy atom. The molecule has 0 bridgehead atoms. The molecule has 0 spiro atoms. The number of benzene rings is 4. The van der Waals surface area contributed by atoms with Crippen LogP contribution in [-0.2, 0) is 0 Å². The zero-order valence-corrected chi connectivity index (χ0v) is 41.6. The lowest BCUT2D eigenvalue weighted by molar-refractivity contribution is 0.155. The average molecular weight is 927 g/mol. The van der Waals surface area contributed by atoms with Crippen LogP contribution in [0.15, 0.2) is 72.8 Å². The molecule has 0 radical (unpaired) electrons. The monoisotopic (exact) mass is 926 g/mol. The predicted octanol–water partition coefficient (Wildman–Crippen LogP) is 16.9. The Hall–Kier alpha value is -4.28. The minimum atomic E-state index is -0.166. The van der Waals surface area contributed by atoms with Crippen LogP contribution < -0.4 is 23.3 Å². The lowest BCUT2D eigenvalue weighted by Gasteiger charge is -2.32. The molecule has 0 amide bonds. The quantitative estimate of drug-likeness (QED) is 0.0865. The molecular weight excluding hydrogens is 855 g/mol. The first-order valence-corrected chi connectivity index (χ1v) is 27.7. The predicted molar refractivity (Wildman–Crippen MR) is 271 cm³/mol. The van der Waals surface area contributed by atoms with E-state index in [0.29, 0.717) is 28.9 Å². The minimum absolute atomic E-state index is 0.0503. The van der Waals surface area contributed by atoms with Gasteiger partial charge in [-0.05, 0) is 173 Å². The molecule has 4 aromatic carbocycles. The lowest BCUT2D eigenvalue weighted by Crippen LogP contribution is -2.20. The van der Waals surface area contributed by atoms with Gasteiger partial charge in [-0.15, -0.1) is 0 Å². The Kier molecular flexibility index (Phi) is 18.0. The van der Waals surface area contributed by atoms with Gasteiger partial charge in [0.15, 0.2) is 11.7 Å². The molecule has 4 aromatic rings. The standard InChI is InChI=1S/C57H72N2O5P2/c1-3-17-55(62-48-32-28-41(39-59)29-33-48)66-64-56-50(43-20-11-6-12-21-43)34-45(42-18-9-5-10-19-42)35-52(56)53-37-49(60-46-24-15-8-16-25-46)36-51(44-22-13-7-14-23-44)57(53)63-65-54(4-2)61-47-30-26-40(38-58)27-31-47/h26-37,42-44,46,54-55,65-66H,3-25H2,1-2H3. The summed E-state index contributed by atoms with van der Waals surface area (Å²) in [5.41, 5.74) is 7.53. The molecule has 4 aliphatic rings. The van der Waals surface area contributed by atoms with Crippen LogP contribution in [0.2, 0.25) is 0 Å². The summed E-state index contributed by atoms with van der Waals surface area (Å²) in [7, 11) is 0.117. The summed E-state index contributed by atoms with van der Waals surface area (Å²) in [6, 6.07) is 29.1. The van der Waals surface area contributed by atoms with Crippen molar-refractivity contribution in [3.8, 4) is 52.0 Å². The molecular formula is C57H72N2O5P2. The van der Waals surface area contributed by atoms with Gasteiger partial charge in [0.05, 0.1) is 29.4 Å². The van der Waals surface area contributed by atoms with E-state index in [1.807, 2.05) is 48.5 Å². The highest BCUT2D eigenvalue weighted by atomic mass is 31.1. The molecule has 4 unspecified atom stereocenters. The van der Waals surface area contributed by atoms with E-state index in [0.717, 1.165) is 84.8 Å². The van der Waals surface area contributed by atoms with Crippen LogP contribution in [0, 0.1) is 22.7 Å². The van der Waals surface area contributed by atoms with Gasteiger partial charge in [0.1, 0.15) is 46.4 Å². The van der Waals surface area contributed by atoms with Crippen molar-refractivity contribution in [2.45, 2.75) is 197 Å². The zero-order valence-electron chi connectivity index (χ0n) is 39.6. The fraction of sp³-hybridized carbons (Fsp3) is 0.544. The lowest BCUT2D eigenvalue weighted by atomic mass is 9.77. The van der Waals surface area contributed by atoms with Crippen molar-refractivity contribution < 1.29 is 23.3 Å². The summed E-state index contributed by atoms with van der Waals surface area (Å²) in [5.74, 6) is 5.40. The molecule has 0 saturated heterocycles. The van der Waals surface area contributed by atoms with E-state index in [4.69, 9.17) is 23.3 Å². The minimum Gasteiger partial charge on any atom is -0.490 e. The van der Waals surface area contributed by atoms with Crippen LogP contribution in [0.3, 0.4) is 0 Å². The van der Waals surface area contributed by atoms with E-state index in [9.17, 15) is 10.5 Å². The van der Waals surface area contributed by atoms with Crippen LogP contribution in [0.25, 0.3) is 11.1 Å². The Morgan fingerprint density at radius 2 is 0.970 bits per heavy atom. The van der Waals surface area contributed by atoms with E-state index >= 15 is 0 Å². The zero-order chi connectivity index (χ0) is 45.5. The average Bonchev–Trinajstić information content (AvgIpc) is 3.38. The van der Waals surface area contributed by atoms with Gasteiger partial charge in [0.2, 0.25) is 0 Å². The maximum Gasteiger partial charge on any atom is 0.150 e. The number of nitriles is 2. The Bertz CT molecular complexity index is 2230. The molecule has 4 aliphatic carbocycles. The third-order valence-corrected chi connectivity index (χ3v) is 16.7. The normalized spacial score (nSPS) is 19.0. The summed E-state index contributed by atoms with van der Waals surface area (Å²) < 4.78 is 35.2. The second-order valence-electron chi connectivity index (χ2n) is 19.4. The molecule has 350 valence electrons. The highest BCUT2D eigenvalue weighted by molar-refractivity contribution is 7.33. The van der Waals surface area contributed by atoms with Gasteiger partial charge >= 0.3 is 0 Å². The van der Waals surface area contributed by atoms with Crippen molar-refractivity contribution in [1.82, 2.24) is 0 Å². The molecule has 0 N–H and O–H groups in total. The fourth-order valence-electron chi connectivity index (χ4n) is 10.9. The molecule has 0 aliphatic heterocycles. The van der Waals surface area contributed by atoms with Crippen LogP contribution in [-0.4, -0.2) is 17.8 Å². The van der Waals surface area contributed by atoms with E-state index in [1.54, 1.807) is 0 Å². The van der Waals surface area contributed by atoms with Crippen molar-refractivity contribution in [2.75, 3.05) is 0 Å². The van der Waals surface area contributed by atoms with Gasteiger partial charge in [-0.1, -0.05) is 90.5 Å². The van der Waals surface area contributed by atoms with Crippen molar-refractivity contribution in [3.63, 3.8) is 0 Å². The van der Waals surface area contributed by atoms with Crippen molar-refractivity contribution >= 4 is 17.6 Å². The van der Waals surface area contributed by atoms with Gasteiger partial charge in [-0.2, -0.15) is 10.5 Å². The molecule has 0 aromatic heterocycles. The van der Waals surface area contributed by atoms with Gasteiger partial charge < -0.3 is 23.3 Å². The third-order valence-electron chi connectivity index (χ3n) is 14.6. The Balaban J connectivity index is 1.28. The van der Waals surface area contributed by atoms with Gasteiger partial charge in [-0.3, -0.25) is 0 Å². The third kappa shape index (κ3) is 12.8.